The van der Waals surface area contributed by atoms with Crippen LogP contribution in [0.25, 0.3) is 0 Å². The maximum absolute atomic E-state index is 5.36. The summed E-state index contributed by atoms with van der Waals surface area (Å²) in [6, 6.07) is 2.55. The number of hydrogen-bond acceptors (Lipinski definition) is 2. The lowest BCUT2D eigenvalue weighted by Crippen LogP contribution is -2.14. The molecule has 0 aromatic carbocycles. The molecule has 0 saturated heterocycles. The molecular formula is C7H17OSSi. The fourth-order valence-electron chi connectivity index (χ4n) is 0.884. The summed E-state index contributed by atoms with van der Waals surface area (Å²) in [5.74, 6) is 1.00. The second-order valence-electron chi connectivity index (χ2n) is 2.32. The molecule has 0 unspecified atom stereocenters. The van der Waals surface area contributed by atoms with Crippen molar-refractivity contribution in [2.45, 2.75) is 31.9 Å². The number of hydrogen-bond donors (Lipinski definition) is 1. The third-order valence-corrected chi connectivity index (χ3v) is 4.29. The minimum absolute atomic E-state index is 0.446. The molecule has 0 aromatic heterocycles. The van der Waals surface area contributed by atoms with E-state index in [1.165, 1.54) is 24.9 Å². The molecule has 0 aliphatic rings. The smallest absolute Gasteiger partial charge is 0.210 e. The summed E-state index contributed by atoms with van der Waals surface area (Å²) < 4.78 is 5.36. The SMILES string of the molecule is CCC[Si](CCCS)OC. The van der Waals surface area contributed by atoms with Gasteiger partial charge in [0.15, 0.2) is 0 Å². The van der Waals surface area contributed by atoms with Crippen LogP contribution in [-0.4, -0.2) is 21.9 Å². The molecule has 0 saturated carbocycles. The van der Waals surface area contributed by atoms with Gasteiger partial charge in [0.1, 0.15) is 0 Å². The van der Waals surface area contributed by atoms with Gasteiger partial charge < -0.3 is 4.43 Å². The minimum atomic E-state index is -0.446. The van der Waals surface area contributed by atoms with Gasteiger partial charge in [-0.15, -0.1) is 0 Å². The minimum Gasteiger partial charge on any atom is -0.420 e. The lowest BCUT2D eigenvalue weighted by molar-refractivity contribution is 0.416. The van der Waals surface area contributed by atoms with Crippen LogP contribution in [0.5, 0.6) is 0 Å². The van der Waals surface area contributed by atoms with Gasteiger partial charge in [-0.2, -0.15) is 12.6 Å². The van der Waals surface area contributed by atoms with Crippen molar-refractivity contribution in [1.29, 1.82) is 0 Å². The summed E-state index contributed by atoms with van der Waals surface area (Å²) in [7, 11) is 1.39. The number of thiol groups is 1. The number of rotatable bonds is 6. The van der Waals surface area contributed by atoms with E-state index in [9.17, 15) is 0 Å². The van der Waals surface area contributed by atoms with Crippen molar-refractivity contribution in [1.82, 2.24) is 0 Å². The topological polar surface area (TPSA) is 9.23 Å². The molecule has 1 nitrogen and oxygen atoms in total. The molecule has 1 radical (unpaired) electrons. The van der Waals surface area contributed by atoms with E-state index in [0.29, 0.717) is 0 Å². The zero-order valence-electron chi connectivity index (χ0n) is 6.89. The maximum atomic E-state index is 5.36. The van der Waals surface area contributed by atoms with Crippen LogP contribution in [0.3, 0.4) is 0 Å². The zero-order chi connectivity index (χ0) is 7.82. The molecule has 0 amide bonds. The predicted molar refractivity (Wildman–Crippen MR) is 51.1 cm³/mol. The van der Waals surface area contributed by atoms with Crippen molar-refractivity contribution in [2.75, 3.05) is 12.9 Å². The highest BCUT2D eigenvalue weighted by atomic mass is 32.1. The first-order chi connectivity index (χ1) is 4.85. The lowest BCUT2D eigenvalue weighted by Gasteiger charge is -2.09. The Morgan fingerprint density at radius 1 is 1.40 bits per heavy atom. The fourth-order valence-corrected chi connectivity index (χ4v) is 3.13. The first-order valence-electron chi connectivity index (χ1n) is 3.84. The zero-order valence-corrected chi connectivity index (χ0v) is 8.79. The van der Waals surface area contributed by atoms with Crippen molar-refractivity contribution < 1.29 is 4.43 Å². The van der Waals surface area contributed by atoms with E-state index in [1.54, 1.807) is 0 Å². The van der Waals surface area contributed by atoms with E-state index < -0.39 is 9.04 Å². The predicted octanol–water partition coefficient (Wildman–Crippen LogP) is 2.35. The average molecular weight is 177 g/mol. The van der Waals surface area contributed by atoms with E-state index >= 15 is 0 Å². The van der Waals surface area contributed by atoms with Gasteiger partial charge >= 0.3 is 0 Å². The lowest BCUT2D eigenvalue weighted by atomic mass is 10.6. The second kappa shape index (κ2) is 7.63. The monoisotopic (exact) mass is 177 g/mol. The highest BCUT2D eigenvalue weighted by Crippen LogP contribution is 2.06. The summed E-state index contributed by atoms with van der Waals surface area (Å²) in [6.07, 6.45) is 2.47. The molecule has 10 heavy (non-hydrogen) atoms. The second-order valence-corrected chi connectivity index (χ2v) is 5.25. The van der Waals surface area contributed by atoms with E-state index in [-0.39, 0.29) is 0 Å². The molecule has 0 heterocycles. The van der Waals surface area contributed by atoms with E-state index in [1.807, 2.05) is 7.11 Å². The molecule has 0 aromatic rings. The van der Waals surface area contributed by atoms with Gasteiger partial charge in [-0.1, -0.05) is 13.3 Å². The summed E-state index contributed by atoms with van der Waals surface area (Å²) in [6.45, 7) is 2.21. The maximum Gasteiger partial charge on any atom is 0.210 e. The van der Waals surface area contributed by atoms with Crippen molar-refractivity contribution >= 4 is 21.7 Å². The first kappa shape index (κ1) is 10.5. The molecule has 0 N–H and O–H groups in total. The van der Waals surface area contributed by atoms with Crippen LogP contribution in [0, 0.1) is 0 Å². The molecule has 0 bridgehead atoms. The van der Waals surface area contributed by atoms with Gasteiger partial charge in [-0.3, -0.25) is 0 Å². The van der Waals surface area contributed by atoms with Crippen LogP contribution in [0.15, 0.2) is 0 Å². The summed E-state index contributed by atoms with van der Waals surface area (Å²) in [5, 5.41) is 0. The molecular weight excluding hydrogens is 160 g/mol. The third kappa shape index (κ3) is 5.32. The fraction of sp³-hybridized carbons (Fsp3) is 1.00. The molecule has 0 rings (SSSR count). The van der Waals surface area contributed by atoms with Crippen LogP contribution in [0.4, 0.5) is 0 Å². The van der Waals surface area contributed by atoms with Gasteiger partial charge in [0.25, 0.3) is 0 Å². The quantitative estimate of drug-likeness (QED) is 0.484. The van der Waals surface area contributed by atoms with E-state index in [2.05, 4.69) is 19.6 Å². The summed E-state index contributed by atoms with van der Waals surface area (Å²) in [5.41, 5.74) is 0. The van der Waals surface area contributed by atoms with Crippen LogP contribution >= 0.6 is 12.6 Å². The third-order valence-electron chi connectivity index (χ3n) is 1.43. The average Bonchev–Trinajstić information content (AvgIpc) is 1.98. The van der Waals surface area contributed by atoms with Crippen molar-refractivity contribution in [2.24, 2.45) is 0 Å². The Labute approximate surface area is 71.3 Å². The summed E-state index contributed by atoms with van der Waals surface area (Å²) in [4.78, 5) is 0. The Morgan fingerprint density at radius 3 is 2.50 bits per heavy atom. The normalized spacial score (nSPS) is 10.8. The highest BCUT2D eigenvalue weighted by molar-refractivity contribution is 7.80. The van der Waals surface area contributed by atoms with Crippen LogP contribution in [-0.2, 0) is 4.43 Å². The Morgan fingerprint density at radius 2 is 2.10 bits per heavy atom. The molecule has 0 atom stereocenters. The van der Waals surface area contributed by atoms with Gasteiger partial charge in [0, 0.05) is 7.11 Å². The van der Waals surface area contributed by atoms with E-state index in [4.69, 9.17) is 4.43 Å². The molecule has 3 heteroatoms. The van der Waals surface area contributed by atoms with Gasteiger partial charge in [-0.25, -0.2) is 0 Å². The highest BCUT2D eigenvalue weighted by Gasteiger charge is 2.08. The van der Waals surface area contributed by atoms with Gasteiger partial charge in [-0.05, 0) is 24.3 Å². The Bertz CT molecular complexity index is 70.6. The standard InChI is InChI=1S/C7H17OSSi/c1-3-6-10(8-2)7-4-5-9/h9H,3-7H2,1-2H3. The van der Waals surface area contributed by atoms with Gasteiger partial charge in [0.05, 0.1) is 0 Å². The van der Waals surface area contributed by atoms with Crippen molar-refractivity contribution in [3.8, 4) is 0 Å². The Kier molecular flexibility index (Phi) is 8.03. The van der Waals surface area contributed by atoms with Crippen LogP contribution < -0.4 is 0 Å². The molecule has 0 aliphatic carbocycles. The Hall–Kier alpha value is 0.527. The van der Waals surface area contributed by atoms with Crippen LogP contribution in [0.1, 0.15) is 19.8 Å². The first-order valence-corrected chi connectivity index (χ1v) is 6.30. The van der Waals surface area contributed by atoms with Gasteiger partial charge in [0.2, 0.25) is 9.04 Å². The Balaban J connectivity index is 3.21. The van der Waals surface area contributed by atoms with Crippen molar-refractivity contribution in [3.63, 3.8) is 0 Å². The van der Waals surface area contributed by atoms with E-state index in [0.717, 1.165) is 5.75 Å². The largest absolute Gasteiger partial charge is 0.420 e. The molecule has 0 spiro atoms. The van der Waals surface area contributed by atoms with Crippen molar-refractivity contribution in [3.05, 3.63) is 0 Å². The van der Waals surface area contributed by atoms with Crippen LogP contribution in [0.2, 0.25) is 12.1 Å². The summed E-state index contributed by atoms with van der Waals surface area (Å²) >= 11 is 4.16. The molecule has 0 fully saturated rings. The molecule has 0 aliphatic heterocycles. The molecule has 61 valence electrons.